The minimum absolute atomic E-state index is 0.111. The lowest BCUT2D eigenvalue weighted by Gasteiger charge is -2.18. The highest BCUT2D eigenvalue weighted by molar-refractivity contribution is 5.33. The van der Waals surface area contributed by atoms with Crippen LogP contribution in [-0.2, 0) is 6.42 Å². The number of para-hydroxylation sites is 1. The van der Waals surface area contributed by atoms with Crippen molar-refractivity contribution < 1.29 is 9.84 Å². The van der Waals surface area contributed by atoms with Crippen molar-refractivity contribution in [3.63, 3.8) is 0 Å². The Balaban J connectivity index is 2.09. The number of ether oxygens (including phenoxy) is 1. The van der Waals surface area contributed by atoms with Gasteiger partial charge in [0.15, 0.2) is 0 Å². The highest BCUT2D eigenvalue weighted by atomic mass is 16.5. The third-order valence-electron chi connectivity index (χ3n) is 3.86. The van der Waals surface area contributed by atoms with Crippen LogP contribution < -0.4 is 4.74 Å². The Kier molecular flexibility index (Phi) is 3.49. The van der Waals surface area contributed by atoms with Crippen molar-refractivity contribution >= 4 is 0 Å². The first-order chi connectivity index (χ1) is 7.72. The van der Waals surface area contributed by atoms with E-state index in [1.54, 1.807) is 7.11 Å². The van der Waals surface area contributed by atoms with Gasteiger partial charge in [0.25, 0.3) is 0 Å². The quantitative estimate of drug-likeness (QED) is 0.848. The molecule has 1 aliphatic rings. The Hall–Kier alpha value is -1.02. The molecule has 2 heteroatoms. The number of aliphatic hydroxyl groups is 1. The van der Waals surface area contributed by atoms with Crippen LogP contribution in [0.1, 0.15) is 25.3 Å². The summed E-state index contributed by atoms with van der Waals surface area (Å²) in [5, 5.41) is 9.74. The van der Waals surface area contributed by atoms with Gasteiger partial charge in [0.1, 0.15) is 5.75 Å². The molecule has 0 bridgehead atoms. The van der Waals surface area contributed by atoms with Crippen molar-refractivity contribution in [2.45, 2.75) is 32.3 Å². The van der Waals surface area contributed by atoms with Gasteiger partial charge < -0.3 is 9.84 Å². The van der Waals surface area contributed by atoms with Gasteiger partial charge in [-0.05, 0) is 42.7 Å². The molecule has 1 saturated carbocycles. The number of hydrogen-bond acceptors (Lipinski definition) is 2. The summed E-state index contributed by atoms with van der Waals surface area (Å²) in [6, 6.07) is 8.17. The third-order valence-corrected chi connectivity index (χ3v) is 3.86. The summed E-state index contributed by atoms with van der Waals surface area (Å²) in [4.78, 5) is 0. The molecule has 1 aliphatic carbocycles. The number of rotatable bonds is 3. The van der Waals surface area contributed by atoms with Crippen LogP contribution in [0.4, 0.5) is 0 Å². The van der Waals surface area contributed by atoms with Gasteiger partial charge in [0.2, 0.25) is 0 Å². The SMILES string of the molecule is COc1ccccc1CC1CCC(O)C1C. The van der Waals surface area contributed by atoms with E-state index in [9.17, 15) is 5.11 Å². The summed E-state index contributed by atoms with van der Waals surface area (Å²) in [5.41, 5.74) is 1.26. The second-order valence-corrected chi connectivity index (χ2v) is 4.78. The number of benzene rings is 1. The van der Waals surface area contributed by atoms with Gasteiger partial charge in [-0.25, -0.2) is 0 Å². The maximum Gasteiger partial charge on any atom is 0.122 e. The van der Waals surface area contributed by atoms with Gasteiger partial charge >= 0.3 is 0 Å². The van der Waals surface area contributed by atoms with Crippen molar-refractivity contribution in [1.29, 1.82) is 0 Å². The minimum Gasteiger partial charge on any atom is -0.496 e. The number of hydrogen-bond donors (Lipinski definition) is 1. The molecule has 1 fully saturated rings. The standard InChI is InChI=1S/C14H20O2/c1-10-11(7-8-13(10)15)9-12-5-3-4-6-14(12)16-2/h3-6,10-11,13,15H,7-9H2,1-2H3. The van der Waals surface area contributed by atoms with E-state index in [0.717, 1.165) is 25.0 Å². The topological polar surface area (TPSA) is 29.5 Å². The van der Waals surface area contributed by atoms with Crippen molar-refractivity contribution in [1.82, 2.24) is 0 Å². The Morgan fingerprint density at radius 1 is 1.31 bits per heavy atom. The predicted molar refractivity (Wildman–Crippen MR) is 64.6 cm³/mol. The van der Waals surface area contributed by atoms with Crippen LogP contribution in [0.15, 0.2) is 24.3 Å². The van der Waals surface area contributed by atoms with Crippen molar-refractivity contribution in [3.05, 3.63) is 29.8 Å². The molecular formula is C14H20O2. The Morgan fingerprint density at radius 2 is 2.06 bits per heavy atom. The summed E-state index contributed by atoms with van der Waals surface area (Å²) in [6.45, 7) is 2.15. The zero-order valence-electron chi connectivity index (χ0n) is 10.0. The molecule has 2 nitrogen and oxygen atoms in total. The second kappa shape index (κ2) is 4.88. The zero-order chi connectivity index (χ0) is 11.5. The van der Waals surface area contributed by atoms with Gasteiger partial charge in [-0.3, -0.25) is 0 Å². The predicted octanol–water partition coefficient (Wildman–Crippen LogP) is 2.64. The molecule has 0 aliphatic heterocycles. The molecule has 2 rings (SSSR count). The van der Waals surface area contributed by atoms with Crippen LogP contribution in [0, 0.1) is 11.8 Å². The molecule has 0 amide bonds. The normalized spacial score (nSPS) is 29.3. The fraction of sp³-hybridized carbons (Fsp3) is 0.571. The molecule has 1 aromatic carbocycles. The largest absolute Gasteiger partial charge is 0.496 e. The van der Waals surface area contributed by atoms with Gasteiger partial charge in [-0.2, -0.15) is 0 Å². The first-order valence-corrected chi connectivity index (χ1v) is 6.02. The molecule has 1 aromatic rings. The van der Waals surface area contributed by atoms with Crippen LogP contribution in [0.5, 0.6) is 5.75 Å². The molecular weight excluding hydrogens is 200 g/mol. The summed E-state index contributed by atoms with van der Waals surface area (Å²) in [6.07, 6.45) is 2.98. The van der Waals surface area contributed by atoms with Gasteiger partial charge in [-0.15, -0.1) is 0 Å². The van der Waals surface area contributed by atoms with Gasteiger partial charge in [-0.1, -0.05) is 25.1 Å². The smallest absolute Gasteiger partial charge is 0.122 e. The summed E-state index contributed by atoms with van der Waals surface area (Å²) in [7, 11) is 1.71. The molecule has 3 atom stereocenters. The average Bonchev–Trinajstić information content (AvgIpc) is 2.62. The van der Waals surface area contributed by atoms with Crippen LogP contribution in [0.25, 0.3) is 0 Å². The third kappa shape index (κ3) is 2.22. The maximum atomic E-state index is 9.74. The lowest BCUT2D eigenvalue weighted by atomic mass is 9.90. The number of methoxy groups -OCH3 is 1. The molecule has 0 heterocycles. The zero-order valence-corrected chi connectivity index (χ0v) is 10.0. The molecule has 0 radical (unpaired) electrons. The summed E-state index contributed by atoms with van der Waals surface area (Å²) >= 11 is 0. The Labute approximate surface area is 97.3 Å². The lowest BCUT2D eigenvalue weighted by Crippen LogP contribution is -2.17. The van der Waals surface area contributed by atoms with Crippen molar-refractivity contribution in [2.75, 3.05) is 7.11 Å². The van der Waals surface area contributed by atoms with Gasteiger partial charge in [0.05, 0.1) is 13.2 Å². The fourth-order valence-corrected chi connectivity index (χ4v) is 2.67. The highest BCUT2D eigenvalue weighted by Gasteiger charge is 2.31. The maximum absolute atomic E-state index is 9.74. The van der Waals surface area contributed by atoms with E-state index < -0.39 is 0 Å². The molecule has 88 valence electrons. The van der Waals surface area contributed by atoms with E-state index in [1.165, 1.54) is 5.56 Å². The second-order valence-electron chi connectivity index (χ2n) is 4.78. The molecule has 0 saturated heterocycles. The van der Waals surface area contributed by atoms with Crippen LogP contribution in [-0.4, -0.2) is 18.3 Å². The molecule has 3 unspecified atom stereocenters. The van der Waals surface area contributed by atoms with E-state index in [4.69, 9.17) is 4.74 Å². The first-order valence-electron chi connectivity index (χ1n) is 6.02. The Morgan fingerprint density at radius 3 is 2.69 bits per heavy atom. The fourth-order valence-electron chi connectivity index (χ4n) is 2.67. The monoisotopic (exact) mass is 220 g/mol. The lowest BCUT2D eigenvalue weighted by molar-refractivity contribution is 0.127. The van der Waals surface area contributed by atoms with Crippen LogP contribution in [0.2, 0.25) is 0 Å². The highest BCUT2D eigenvalue weighted by Crippen LogP contribution is 2.35. The van der Waals surface area contributed by atoms with E-state index in [-0.39, 0.29) is 6.10 Å². The van der Waals surface area contributed by atoms with Crippen LogP contribution in [0.3, 0.4) is 0 Å². The van der Waals surface area contributed by atoms with E-state index in [0.29, 0.717) is 11.8 Å². The van der Waals surface area contributed by atoms with Crippen molar-refractivity contribution in [2.24, 2.45) is 11.8 Å². The molecule has 16 heavy (non-hydrogen) atoms. The summed E-state index contributed by atoms with van der Waals surface area (Å²) < 4.78 is 5.36. The van der Waals surface area contributed by atoms with Gasteiger partial charge in [0, 0.05) is 0 Å². The molecule has 1 N–H and O–H groups in total. The summed E-state index contributed by atoms with van der Waals surface area (Å²) in [5.74, 6) is 1.97. The van der Waals surface area contributed by atoms with E-state index in [2.05, 4.69) is 13.0 Å². The first kappa shape index (κ1) is 11.5. The van der Waals surface area contributed by atoms with E-state index >= 15 is 0 Å². The van der Waals surface area contributed by atoms with E-state index in [1.807, 2.05) is 18.2 Å². The van der Waals surface area contributed by atoms with Crippen LogP contribution >= 0.6 is 0 Å². The minimum atomic E-state index is -0.111. The average molecular weight is 220 g/mol. The number of aliphatic hydroxyl groups excluding tert-OH is 1. The molecule has 0 spiro atoms. The van der Waals surface area contributed by atoms with Crippen molar-refractivity contribution in [3.8, 4) is 5.75 Å². The Bertz CT molecular complexity index is 348. The molecule has 0 aromatic heterocycles.